The van der Waals surface area contributed by atoms with Crippen LogP contribution in [0.2, 0.25) is 5.02 Å². The summed E-state index contributed by atoms with van der Waals surface area (Å²) in [6.07, 6.45) is 6.17. The standard InChI is InChI=1S/C32H37ClN8O/c1-32(2,3)18-36-29-20(11-34)12-35-30-25(29)9-21(10-27(30)33)37-31(28-15-41(39-38-28)22-7-8-22)24-6-4-5-19-13-40(14-26(19)24)23-16-42-17-23/h4-6,9-10,12,15,22-23,31,37-39H,7-8,13-14,16-18H2,1-3H3,(H,35,36)/t31-/m0/s1. The smallest absolute Gasteiger partial charge is 0.103 e. The number of anilines is 2. The van der Waals surface area contributed by atoms with Crippen molar-refractivity contribution in [3.05, 3.63) is 75.7 Å². The van der Waals surface area contributed by atoms with Gasteiger partial charge in [-0.05, 0) is 47.1 Å². The molecule has 0 unspecified atom stereocenters. The highest BCUT2D eigenvalue weighted by molar-refractivity contribution is 6.35. The van der Waals surface area contributed by atoms with Crippen molar-refractivity contribution in [3.63, 3.8) is 0 Å². The molecule has 2 fully saturated rings. The molecule has 4 aliphatic rings. The van der Waals surface area contributed by atoms with Crippen LogP contribution in [0.3, 0.4) is 0 Å². The van der Waals surface area contributed by atoms with Crippen molar-refractivity contribution in [3.8, 4) is 6.07 Å². The van der Waals surface area contributed by atoms with Gasteiger partial charge in [0.15, 0.2) is 0 Å². The van der Waals surface area contributed by atoms with Crippen molar-refractivity contribution in [2.75, 3.05) is 30.4 Å². The average Bonchev–Trinajstić information content (AvgIpc) is 3.50. The molecule has 1 aromatic heterocycles. The number of nitrogens with one attached hydrogen (secondary N) is 4. The molecule has 4 N–H and O–H groups in total. The Hall–Kier alpha value is -3.55. The fraction of sp³-hybridized carbons (Fsp3) is 0.438. The van der Waals surface area contributed by atoms with Crippen molar-refractivity contribution in [2.24, 2.45) is 5.41 Å². The van der Waals surface area contributed by atoms with Crippen LogP contribution in [0.4, 0.5) is 11.4 Å². The van der Waals surface area contributed by atoms with E-state index in [1.165, 1.54) is 29.5 Å². The van der Waals surface area contributed by atoms with E-state index in [4.69, 9.17) is 16.3 Å². The van der Waals surface area contributed by atoms with Gasteiger partial charge in [-0.2, -0.15) is 5.26 Å². The van der Waals surface area contributed by atoms with E-state index in [1.807, 2.05) is 6.07 Å². The maximum Gasteiger partial charge on any atom is 0.103 e. The van der Waals surface area contributed by atoms with Gasteiger partial charge in [0, 0.05) is 49.1 Å². The van der Waals surface area contributed by atoms with Gasteiger partial charge < -0.3 is 20.8 Å². The van der Waals surface area contributed by atoms with Crippen molar-refractivity contribution in [1.29, 1.82) is 5.26 Å². The Balaban J connectivity index is 1.28. The Kier molecular flexibility index (Phi) is 6.90. The first kappa shape index (κ1) is 27.3. The monoisotopic (exact) mass is 584 g/mol. The number of nitriles is 1. The van der Waals surface area contributed by atoms with Crippen molar-refractivity contribution in [2.45, 2.75) is 64.8 Å². The topological polar surface area (TPSA) is 101 Å². The molecule has 1 aliphatic carbocycles. The summed E-state index contributed by atoms with van der Waals surface area (Å²) in [6, 6.07) is 13.8. The lowest BCUT2D eigenvalue weighted by Crippen LogP contribution is -2.46. The molecule has 2 aromatic carbocycles. The van der Waals surface area contributed by atoms with E-state index in [-0.39, 0.29) is 11.5 Å². The maximum atomic E-state index is 9.91. The minimum Gasteiger partial charge on any atom is -0.383 e. The fourth-order valence-corrected chi connectivity index (χ4v) is 6.21. The van der Waals surface area contributed by atoms with E-state index in [0.29, 0.717) is 34.7 Å². The van der Waals surface area contributed by atoms with Crippen LogP contribution in [0.1, 0.15) is 61.9 Å². The summed E-state index contributed by atoms with van der Waals surface area (Å²) < 4.78 is 5.50. The number of pyridine rings is 1. The second-order valence-corrected chi connectivity index (χ2v) is 13.5. The molecular formula is C32H37ClN8O. The summed E-state index contributed by atoms with van der Waals surface area (Å²) in [7, 11) is 0. The van der Waals surface area contributed by atoms with Crippen LogP contribution in [-0.2, 0) is 17.8 Å². The Labute approximate surface area is 251 Å². The molecule has 42 heavy (non-hydrogen) atoms. The SMILES string of the molecule is CC(C)(C)CNc1c(C#N)cnc2c(Cl)cc(N[C@H](C3=CN(C4CC4)NN3)c3cccc4c3CN(C3COC3)C4)cc12. The zero-order valence-corrected chi connectivity index (χ0v) is 25.1. The van der Waals surface area contributed by atoms with Crippen LogP contribution in [0.5, 0.6) is 0 Å². The van der Waals surface area contributed by atoms with E-state index in [1.54, 1.807) is 6.20 Å². The largest absolute Gasteiger partial charge is 0.383 e. The van der Waals surface area contributed by atoms with Gasteiger partial charge in [0.25, 0.3) is 0 Å². The third-order valence-corrected chi connectivity index (χ3v) is 8.79. The van der Waals surface area contributed by atoms with Gasteiger partial charge in [-0.25, -0.2) is 0 Å². The van der Waals surface area contributed by atoms with Crippen LogP contribution < -0.4 is 21.6 Å². The summed E-state index contributed by atoms with van der Waals surface area (Å²) in [4.78, 5) is 7.08. The molecule has 1 atom stereocenters. The van der Waals surface area contributed by atoms with Gasteiger partial charge in [-0.15, -0.1) is 5.53 Å². The first-order chi connectivity index (χ1) is 20.3. The lowest BCUT2D eigenvalue weighted by molar-refractivity contribution is -0.0670. The lowest BCUT2D eigenvalue weighted by Gasteiger charge is -2.34. The van der Waals surface area contributed by atoms with E-state index >= 15 is 0 Å². The van der Waals surface area contributed by atoms with Crippen LogP contribution in [0.15, 0.2) is 48.4 Å². The quantitative estimate of drug-likeness (QED) is 0.277. The van der Waals surface area contributed by atoms with Gasteiger partial charge in [0.05, 0.1) is 52.8 Å². The van der Waals surface area contributed by atoms with Gasteiger partial charge in [-0.3, -0.25) is 14.9 Å². The molecule has 0 amide bonds. The zero-order chi connectivity index (χ0) is 29.0. The molecule has 0 spiro atoms. The number of fused-ring (bicyclic) bond motifs is 2. The molecule has 1 saturated carbocycles. The number of ether oxygens (including phenoxy) is 1. The predicted octanol–water partition coefficient (Wildman–Crippen LogP) is 5.41. The Morgan fingerprint density at radius 2 is 2.02 bits per heavy atom. The van der Waals surface area contributed by atoms with E-state index < -0.39 is 0 Å². The minimum absolute atomic E-state index is 0.0291. The predicted molar refractivity (Wildman–Crippen MR) is 165 cm³/mol. The normalized spacial score (nSPS) is 19.6. The second kappa shape index (κ2) is 10.6. The van der Waals surface area contributed by atoms with Gasteiger partial charge in [0.1, 0.15) is 6.07 Å². The average molecular weight is 585 g/mol. The van der Waals surface area contributed by atoms with E-state index in [0.717, 1.165) is 48.8 Å². The third kappa shape index (κ3) is 5.25. The second-order valence-electron chi connectivity index (χ2n) is 13.0. The summed E-state index contributed by atoms with van der Waals surface area (Å²) in [5, 5.41) is 20.8. The Morgan fingerprint density at radius 1 is 1.19 bits per heavy atom. The number of rotatable bonds is 8. The summed E-state index contributed by atoms with van der Waals surface area (Å²) in [6.45, 7) is 10.7. The number of nitrogens with zero attached hydrogens (tertiary/aromatic N) is 4. The molecule has 3 aliphatic heterocycles. The van der Waals surface area contributed by atoms with Crippen molar-refractivity contribution >= 4 is 33.9 Å². The Morgan fingerprint density at radius 3 is 2.74 bits per heavy atom. The molecule has 0 bridgehead atoms. The minimum atomic E-state index is -0.152. The maximum absolute atomic E-state index is 9.91. The molecule has 7 rings (SSSR count). The third-order valence-electron chi connectivity index (χ3n) is 8.50. The molecule has 218 valence electrons. The first-order valence-corrected chi connectivity index (χ1v) is 15.1. The number of hydrazine groups is 2. The summed E-state index contributed by atoms with van der Waals surface area (Å²) in [5.41, 5.74) is 14.6. The highest BCUT2D eigenvalue weighted by atomic mass is 35.5. The summed E-state index contributed by atoms with van der Waals surface area (Å²) in [5.74, 6) is 0. The van der Waals surface area contributed by atoms with Crippen molar-refractivity contribution < 1.29 is 4.74 Å². The number of halogens is 1. The van der Waals surface area contributed by atoms with Crippen LogP contribution in [0, 0.1) is 16.7 Å². The highest BCUT2D eigenvalue weighted by Gasteiger charge is 2.36. The first-order valence-electron chi connectivity index (χ1n) is 14.7. The Bertz CT molecular complexity index is 1600. The molecule has 3 aromatic rings. The number of aromatic nitrogens is 1. The summed E-state index contributed by atoms with van der Waals surface area (Å²) >= 11 is 6.87. The molecule has 9 nitrogen and oxygen atoms in total. The van der Waals surface area contributed by atoms with Gasteiger partial charge in [-0.1, -0.05) is 50.6 Å². The number of hydrogen-bond donors (Lipinski definition) is 4. The number of benzene rings is 2. The lowest BCUT2D eigenvalue weighted by atomic mass is 9.95. The van der Waals surface area contributed by atoms with E-state index in [2.05, 4.69) is 93.8 Å². The zero-order valence-electron chi connectivity index (χ0n) is 24.3. The molecule has 4 heterocycles. The van der Waals surface area contributed by atoms with Crippen LogP contribution in [0.25, 0.3) is 10.9 Å². The number of hydrogen-bond acceptors (Lipinski definition) is 9. The van der Waals surface area contributed by atoms with Crippen LogP contribution >= 0.6 is 11.6 Å². The van der Waals surface area contributed by atoms with Gasteiger partial charge in [0.2, 0.25) is 0 Å². The molecule has 1 saturated heterocycles. The van der Waals surface area contributed by atoms with Crippen molar-refractivity contribution in [1.82, 2.24) is 25.9 Å². The fourth-order valence-electron chi connectivity index (χ4n) is 5.94. The van der Waals surface area contributed by atoms with E-state index in [9.17, 15) is 5.26 Å². The molecular weight excluding hydrogens is 548 g/mol. The highest BCUT2D eigenvalue weighted by Crippen LogP contribution is 2.40. The molecule has 0 radical (unpaired) electrons. The van der Waals surface area contributed by atoms with Gasteiger partial charge >= 0.3 is 0 Å². The van der Waals surface area contributed by atoms with Crippen LogP contribution in [-0.4, -0.2) is 46.7 Å². The molecule has 10 heteroatoms.